The van der Waals surface area contributed by atoms with E-state index < -0.39 is 0 Å². The minimum atomic E-state index is 0.264. The van der Waals surface area contributed by atoms with Crippen molar-refractivity contribution in [2.75, 3.05) is 6.61 Å². The Kier molecular flexibility index (Phi) is 2.50. The largest absolute Gasteiger partial charge is 0.365 e. The molecular weight excluding hydrogens is 136 g/mol. The van der Waals surface area contributed by atoms with Gasteiger partial charge < -0.3 is 4.74 Å². The minimum absolute atomic E-state index is 0.264. The molecule has 0 amide bonds. The summed E-state index contributed by atoms with van der Waals surface area (Å²) in [4.78, 5) is 0. The number of hydrogen-bond acceptors (Lipinski definition) is 1. The van der Waals surface area contributed by atoms with E-state index in [1.807, 2.05) is 0 Å². The van der Waals surface area contributed by atoms with Gasteiger partial charge in [0.2, 0.25) is 0 Å². The van der Waals surface area contributed by atoms with E-state index >= 15 is 0 Å². The van der Waals surface area contributed by atoms with E-state index in [2.05, 4.69) is 33.8 Å². The van der Waals surface area contributed by atoms with Crippen LogP contribution in [0.15, 0.2) is 22.8 Å². The van der Waals surface area contributed by atoms with E-state index in [1.54, 1.807) is 0 Å². The van der Waals surface area contributed by atoms with Crippen molar-refractivity contribution >= 4 is 0 Å². The number of allylic oxidation sites excluding steroid dienone is 1. The topological polar surface area (TPSA) is 9.23 Å². The first-order valence-electron chi connectivity index (χ1n) is 4.07. The van der Waals surface area contributed by atoms with Crippen molar-refractivity contribution in [3.8, 4) is 0 Å². The van der Waals surface area contributed by atoms with Crippen LogP contribution in [-0.4, -0.2) is 12.7 Å². The molecule has 0 fully saturated rings. The first kappa shape index (κ1) is 8.54. The lowest BCUT2D eigenvalue weighted by molar-refractivity contribution is 0.145. The summed E-state index contributed by atoms with van der Waals surface area (Å²) in [6.07, 6.45) is 2.38. The molecule has 0 saturated heterocycles. The molecular formula is C10H16O. The van der Waals surface area contributed by atoms with E-state index in [-0.39, 0.29) is 6.10 Å². The molecule has 0 spiro atoms. The summed E-state index contributed by atoms with van der Waals surface area (Å²) >= 11 is 0. The second-order valence-electron chi connectivity index (χ2n) is 3.19. The maximum absolute atomic E-state index is 5.59. The average molecular weight is 152 g/mol. The van der Waals surface area contributed by atoms with Crippen molar-refractivity contribution in [1.82, 2.24) is 0 Å². The molecule has 1 aliphatic heterocycles. The van der Waals surface area contributed by atoms with Crippen molar-refractivity contribution in [3.63, 3.8) is 0 Å². The fourth-order valence-corrected chi connectivity index (χ4v) is 1.30. The molecule has 0 aromatic heterocycles. The molecule has 1 nitrogen and oxygen atoms in total. The fraction of sp³-hybridized carbons (Fsp3) is 0.600. The highest BCUT2D eigenvalue weighted by Gasteiger charge is 2.20. The summed E-state index contributed by atoms with van der Waals surface area (Å²) in [5, 5.41) is 0. The van der Waals surface area contributed by atoms with Gasteiger partial charge in [0, 0.05) is 0 Å². The Morgan fingerprint density at radius 2 is 2.18 bits per heavy atom. The molecule has 0 aromatic rings. The Morgan fingerprint density at radius 1 is 1.55 bits per heavy atom. The van der Waals surface area contributed by atoms with Crippen molar-refractivity contribution in [1.29, 1.82) is 0 Å². The first-order valence-corrected chi connectivity index (χ1v) is 4.07. The SMILES string of the molecule is C/C=C(/C)[C@@H]1OCC(C)=C1C. The highest BCUT2D eigenvalue weighted by Crippen LogP contribution is 2.25. The quantitative estimate of drug-likeness (QED) is 0.525. The van der Waals surface area contributed by atoms with Crippen LogP contribution in [0, 0.1) is 0 Å². The standard InChI is InChI=1S/C10H16O/c1-5-7(2)10-9(4)8(3)6-11-10/h5,10H,6H2,1-4H3/b7-5-/t10-/m0/s1. The first-order chi connectivity index (χ1) is 5.16. The van der Waals surface area contributed by atoms with Crippen LogP contribution in [0.4, 0.5) is 0 Å². The van der Waals surface area contributed by atoms with Crippen LogP contribution in [0.25, 0.3) is 0 Å². The zero-order valence-electron chi connectivity index (χ0n) is 7.77. The van der Waals surface area contributed by atoms with Gasteiger partial charge in [-0.25, -0.2) is 0 Å². The maximum atomic E-state index is 5.59. The van der Waals surface area contributed by atoms with Gasteiger partial charge in [0.25, 0.3) is 0 Å². The second kappa shape index (κ2) is 3.22. The Labute approximate surface area is 68.8 Å². The predicted octanol–water partition coefficient (Wildman–Crippen LogP) is 2.69. The van der Waals surface area contributed by atoms with E-state index in [0.29, 0.717) is 0 Å². The van der Waals surface area contributed by atoms with Crippen LogP contribution in [0.1, 0.15) is 27.7 Å². The molecule has 0 bridgehead atoms. The highest BCUT2D eigenvalue weighted by atomic mass is 16.5. The van der Waals surface area contributed by atoms with E-state index in [0.717, 1.165) is 6.61 Å². The number of ether oxygens (including phenoxy) is 1. The molecule has 0 aliphatic carbocycles. The molecule has 62 valence electrons. The Bertz CT molecular complexity index is 211. The monoisotopic (exact) mass is 152 g/mol. The van der Waals surface area contributed by atoms with Crippen LogP contribution in [0.3, 0.4) is 0 Å². The summed E-state index contributed by atoms with van der Waals surface area (Å²) in [5.74, 6) is 0. The molecule has 0 unspecified atom stereocenters. The lowest BCUT2D eigenvalue weighted by Crippen LogP contribution is -2.09. The van der Waals surface area contributed by atoms with Crippen molar-refractivity contribution < 1.29 is 4.74 Å². The van der Waals surface area contributed by atoms with Gasteiger partial charge in [0.1, 0.15) is 0 Å². The lowest BCUT2D eigenvalue weighted by Gasteiger charge is -2.11. The van der Waals surface area contributed by atoms with E-state index in [1.165, 1.54) is 16.7 Å². The zero-order valence-corrected chi connectivity index (χ0v) is 7.77. The summed E-state index contributed by atoms with van der Waals surface area (Å²) in [7, 11) is 0. The zero-order chi connectivity index (χ0) is 8.43. The van der Waals surface area contributed by atoms with Gasteiger partial charge in [-0.1, -0.05) is 6.08 Å². The Hall–Kier alpha value is -0.560. The lowest BCUT2D eigenvalue weighted by atomic mass is 10.0. The van der Waals surface area contributed by atoms with Gasteiger partial charge in [0.15, 0.2) is 0 Å². The maximum Gasteiger partial charge on any atom is 0.0998 e. The summed E-state index contributed by atoms with van der Waals surface area (Å²) in [5.41, 5.74) is 4.09. The predicted molar refractivity (Wildman–Crippen MR) is 47.5 cm³/mol. The van der Waals surface area contributed by atoms with Crippen LogP contribution in [0.2, 0.25) is 0 Å². The van der Waals surface area contributed by atoms with E-state index in [9.17, 15) is 0 Å². The molecule has 0 aromatic carbocycles. The normalized spacial score (nSPS) is 26.5. The number of hydrogen-bond donors (Lipinski definition) is 0. The molecule has 1 atom stereocenters. The molecule has 0 saturated carbocycles. The van der Waals surface area contributed by atoms with Gasteiger partial charge in [-0.3, -0.25) is 0 Å². The third-order valence-corrected chi connectivity index (χ3v) is 2.40. The van der Waals surface area contributed by atoms with Gasteiger partial charge in [-0.2, -0.15) is 0 Å². The van der Waals surface area contributed by atoms with Crippen LogP contribution in [0.5, 0.6) is 0 Å². The molecule has 1 aliphatic rings. The van der Waals surface area contributed by atoms with Crippen LogP contribution in [-0.2, 0) is 4.74 Å². The third kappa shape index (κ3) is 1.54. The molecule has 1 heteroatoms. The van der Waals surface area contributed by atoms with Gasteiger partial charge in [-0.15, -0.1) is 0 Å². The fourth-order valence-electron chi connectivity index (χ4n) is 1.30. The van der Waals surface area contributed by atoms with Crippen molar-refractivity contribution in [2.45, 2.75) is 33.8 Å². The highest BCUT2D eigenvalue weighted by molar-refractivity contribution is 5.28. The molecule has 0 radical (unpaired) electrons. The molecule has 1 rings (SSSR count). The minimum Gasteiger partial charge on any atom is -0.365 e. The van der Waals surface area contributed by atoms with Crippen molar-refractivity contribution in [2.24, 2.45) is 0 Å². The Balaban J connectivity index is 2.79. The number of rotatable bonds is 1. The summed E-state index contributed by atoms with van der Waals surface area (Å²) < 4.78 is 5.59. The van der Waals surface area contributed by atoms with Gasteiger partial charge in [-0.05, 0) is 44.4 Å². The molecule has 0 N–H and O–H groups in total. The smallest absolute Gasteiger partial charge is 0.0998 e. The van der Waals surface area contributed by atoms with Gasteiger partial charge >= 0.3 is 0 Å². The second-order valence-corrected chi connectivity index (χ2v) is 3.19. The van der Waals surface area contributed by atoms with Crippen molar-refractivity contribution in [3.05, 3.63) is 22.8 Å². The van der Waals surface area contributed by atoms with Gasteiger partial charge in [0.05, 0.1) is 12.7 Å². The summed E-state index contributed by atoms with van der Waals surface area (Å²) in [6, 6.07) is 0. The summed E-state index contributed by atoms with van der Waals surface area (Å²) in [6.45, 7) is 9.27. The van der Waals surface area contributed by atoms with Crippen LogP contribution < -0.4 is 0 Å². The third-order valence-electron chi connectivity index (χ3n) is 2.40. The Morgan fingerprint density at radius 3 is 2.55 bits per heavy atom. The van der Waals surface area contributed by atoms with E-state index in [4.69, 9.17) is 4.74 Å². The molecule has 11 heavy (non-hydrogen) atoms. The average Bonchev–Trinajstić information content (AvgIpc) is 2.32. The molecule has 1 heterocycles. The van der Waals surface area contributed by atoms with Crippen LogP contribution >= 0.6 is 0 Å².